The number of carbonyl (C=O) groups is 2. The Morgan fingerprint density at radius 2 is 1.91 bits per heavy atom. The summed E-state index contributed by atoms with van der Waals surface area (Å²) in [5.74, 6) is 0.645. The Bertz CT molecular complexity index is 1170. The van der Waals surface area contributed by atoms with E-state index in [1.807, 2.05) is 35.9 Å². The number of furan rings is 1. The summed E-state index contributed by atoms with van der Waals surface area (Å²) in [5, 5.41) is 8.24. The minimum absolute atomic E-state index is 0.00932. The largest absolute Gasteiger partial charge is 0.455 e. The monoisotopic (exact) mass is 452 g/mol. The van der Waals surface area contributed by atoms with E-state index in [4.69, 9.17) is 21.1 Å². The zero-order valence-electron chi connectivity index (χ0n) is 18.0. The molecular weight excluding hydrogens is 428 g/mol. The number of nitrogens with zero attached hydrogens (tertiary/aromatic N) is 3. The summed E-state index contributed by atoms with van der Waals surface area (Å²) >= 11 is 5.98. The second kappa shape index (κ2) is 8.47. The van der Waals surface area contributed by atoms with E-state index in [-0.39, 0.29) is 24.1 Å². The lowest BCUT2D eigenvalue weighted by Crippen LogP contribution is -2.38. The van der Waals surface area contributed by atoms with Gasteiger partial charge in [0.05, 0.1) is 18.8 Å². The molecule has 1 N–H and O–H groups in total. The van der Waals surface area contributed by atoms with Gasteiger partial charge in [0.15, 0.2) is 5.76 Å². The van der Waals surface area contributed by atoms with Crippen molar-refractivity contribution in [1.29, 1.82) is 0 Å². The molecule has 2 aliphatic rings. The molecule has 0 bridgehead atoms. The molecule has 2 aromatic heterocycles. The number of nitrogens with one attached hydrogen (secondary N) is 1. The van der Waals surface area contributed by atoms with Crippen molar-refractivity contribution in [2.75, 3.05) is 19.6 Å². The highest BCUT2D eigenvalue weighted by atomic mass is 35.5. The van der Waals surface area contributed by atoms with Crippen LogP contribution in [0.4, 0.5) is 0 Å². The number of carbonyl (C=O) groups excluding carboxylic acids is 2. The van der Waals surface area contributed by atoms with Gasteiger partial charge in [-0.3, -0.25) is 14.3 Å². The summed E-state index contributed by atoms with van der Waals surface area (Å²) in [5.41, 5.74) is 4.79. The number of aryl methyl sites for hydroxylation is 2. The molecular formula is C24H25ClN4O3. The van der Waals surface area contributed by atoms with Crippen molar-refractivity contribution in [3.8, 4) is 11.3 Å². The molecule has 166 valence electrons. The first-order valence-electron chi connectivity index (χ1n) is 11.0. The molecule has 8 heteroatoms. The third-order valence-corrected chi connectivity index (χ3v) is 6.49. The van der Waals surface area contributed by atoms with E-state index >= 15 is 0 Å². The lowest BCUT2D eigenvalue weighted by Gasteiger charge is -2.15. The highest BCUT2D eigenvalue weighted by molar-refractivity contribution is 6.30. The van der Waals surface area contributed by atoms with E-state index in [2.05, 4.69) is 11.5 Å². The van der Waals surface area contributed by atoms with Crippen molar-refractivity contribution in [2.45, 2.75) is 39.2 Å². The number of rotatable bonds is 5. The molecule has 3 aromatic rings. The van der Waals surface area contributed by atoms with Crippen molar-refractivity contribution in [3.05, 3.63) is 63.7 Å². The topological polar surface area (TPSA) is 80.4 Å². The smallest absolute Gasteiger partial charge is 0.287 e. The molecule has 7 nitrogen and oxygen atoms in total. The fourth-order valence-corrected chi connectivity index (χ4v) is 4.68. The van der Waals surface area contributed by atoms with Gasteiger partial charge < -0.3 is 14.6 Å². The van der Waals surface area contributed by atoms with Crippen LogP contribution < -0.4 is 5.32 Å². The van der Waals surface area contributed by atoms with Gasteiger partial charge in [-0.2, -0.15) is 5.10 Å². The van der Waals surface area contributed by atoms with E-state index in [0.29, 0.717) is 11.6 Å². The summed E-state index contributed by atoms with van der Waals surface area (Å²) in [6, 6.07) is 7.72. The number of fused-ring (bicyclic) bond motifs is 3. The quantitative estimate of drug-likeness (QED) is 0.641. The van der Waals surface area contributed by atoms with Crippen LogP contribution in [0.2, 0.25) is 5.02 Å². The van der Waals surface area contributed by atoms with Gasteiger partial charge in [0.2, 0.25) is 5.91 Å². The second-order valence-corrected chi connectivity index (χ2v) is 8.89. The fourth-order valence-electron chi connectivity index (χ4n) is 4.55. The number of amides is 2. The molecule has 1 aromatic carbocycles. The Kier molecular flexibility index (Phi) is 5.51. The molecule has 0 saturated carbocycles. The van der Waals surface area contributed by atoms with Crippen molar-refractivity contribution in [2.24, 2.45) is 0 Å². The number of aromatic nitrogens is 2. The van der Waals surface area contributed by atoms with Crippen LogP contribution in [0.1, 0.15) is 45.8 Å². The van der Waals surface area contributed by atoms with Gasteiger partial charge in [-0.15, -0.1) is 0 Å². The first-order valence-corrected chi connectivity index (χ1v) is 11.4. The molecule has 1 saturated heterocycles. The van der Waals surface area contributed by atoms with Crippen LogP contribution in [0.3, 0.4) is 0 Å². The van der Waals surface area contributed by atoms with Gasteiger partial charge in [0.1, 0.15) is 5.76 Å². The molecule has 5 rings (SSSR count). The molecule has 0 atom stereocenters. The summed E-state index contributed by atoms with van der Waals surface area (Å²) < 4.78 is 7.87. The Hall–Kier alpha value is -3.06. The summed E-state index contributed by atoms with van der Waals surface area (Å²) in [6.07, 6.45) is 5.64. The van der Waals surface area contributed by atoms with Crippen molar-refractivity contribution in [1.82, 2.24) is 20.0 Å². The van der Waals surface area contributed by atoms with Crippen molar-refractivity contribution in [3.63, 3.8) is 0 Å². The molecule has 2 amide bonds. The Labute approximate surface area is 191 Å². The number of hydrogen-bond acceptors (Lipinski definition) is 4. The normalized spacial score (nSPS) is 14.9. The van der Waals surface area contributed by atoms with Gasteiger partial charge in [0.25, 0.3) is 5.91 Å². The maximum absolute atomic E-state index is 12.8. The minimum Gasteiger partial charge on any atom is -0.455 e. The van der Waals surface area contributed by atoms with Gasteiger partial charge >= 0.3 is 0 Å². The highest BCUT2D eigenvalue weighted by Crippen LogP contribution is 2.38. The number of halogens is 1. The molecule has 3 heterocycles. The molecule has 1 aliphatic heterocycles. The molecule has 1 fully saturated rings. The predicted molar refractivity (Wildman–Crippen MR) is 121 cm³/mol. The average Bonchev–Trinajstić information content (AvgIpc) is 3.52. The van der Waals surface area contributed by atoms with Gasteiger partial charge in [-0.05, 0) is 49.4 Å². The van der Waals surface area contributed by atoms with E-state index in [0.717, 1.165) is 72.5 Å². The highest BCUT2D eigenvalue weighted by Gasteiger charge is 2.30. The minimum atomic E-state index is -0.355. The fraction of sp³-hybridized carbons (Fsp3) is 0.375. The van der Waals surface area contributed by atoms with E-state index in [1.165, 1.54) is 0 Å². The first kappa shape index (κ1) is 20.8. The molecule has 0 radical (unpaired) electrons. The van der Waals surface area contributed by atoms with Crippen LogP contribution in [-0.2, 0) is 24.2 Å². The standard InChI is InChI=1S/C24H25ClN4O3/c1-15-21-19(32-23(15)24(31)26-12-20(30)28-10-2-3-11-28)9-6-17-14-29(27-22(17)21)13-16-4-7-18(25)8-5-16/h4-5,7-8,14H,2-3,6,9-13H2,1H3,(H,26,31). The first-order chi connectivity index (χ1) is 15.5. The summed E-state index contributed by atoms with van der Waals surface area (Å²) in [7, 11) is 0. The third kappa shape index (κ3) is 3.93. The van der Waals surface area contributed by atoms with Gasteiger partial charge in [-0.25, -0.2) is 0 Å². The van der Waals surface area contributed by atoms with Crippen LogP contribution in [0.15, 0.2) is 34.9 Å². The molecule has 1 aliphatic carbocycles. The van der Waals surface area contributed by atoms with Gasteiger partial charge in [0, 0.05) is 41.9 Å². The Balaban J connectivity index is 1.34. The summed E-state index contributed by atoms with van der Waals surface area (Å²) in [4.78, 5) is 26.8. The maximum Gasteiger partial charge on any atom is 0.287 e. The average molecular weight is 453 g/mol. The third-order valence-electron chi connectivity index (χ3n) is 6.24. The number of benzene rings is 1. The zero-order chi connectivity index (χ0) is 22.2. The summed E-state index contributed by atoms with van der Waals surface area (Å²) in [6.45, 7) is 4.05. The second-order valence-electron chi connectivity index (χ2n) is 8.45. The number of likely N-dealkylation sites (tertiary alicyclic amines) is 1. The Morgan fingerprint density at radius 1 is 1.16 bits per heavy atom. The maximum atomic E-state index is 12.8. The van der Waals surface area contributed by atoms with Crippen molar-refractivity contribution < 1.29 is 14.0 Å². The molecule has 32 heavy (non-hydrogen) atoms. The van der Waals surface area contributed by atoms with Crippen LogP contribution in [0.5, 0.6) is 0 Å². The molecule has 0 spiro atoms. The lowest BCUT2D eigenvalue weighted by molar-refractivity contribution is -0.129. The van der Waals surface area contributed by atoms with Crippen LogP contribution in [0, 0.1) is 6.92 Å². The SMILES string of the molecule is Cc1c(C(=O)NCC(=O)N2CCCC2)oc2c1-c1nn(Cc3ccc(Cl)cc3)cc1CC2. The van der Waals surface area contributed by atoms with Crippen LogP contribution in [-0.4, -0.2) is 46.1 Å². The van der Waals surface area contributed by atoms with E-state index < -0.39 is 0 Å². The molecule has 0 unspecified atom stereocenters. The predicted octanol–water partition coefficient (Wildman–Crippen LogP) is 3.60. The van der Waals surface area contributed by atoms with Crippen LogP contribution >= 0.6 is 11.6 Å². The van der Waals surface area contributed by atoms with Crippen LogP contribution in [0.25, 0.3) is 11.3 Å². The zero-order valence-corrected chi connectivity index (χ0v) is 18.7. The lowest BCUT2D eigenvalue weighted by atomic mass is 9.93. The Morgan fingerprint density at radius 3 is 2.66 bits per heavy atom. The van der Waals surface area contributed by atoms with Gasteiger partial charge in [-0.1, -0.05) is 23.7 Å². The van der Waals surface area contributed by atoms with E-state index in [9.17, 15) is 9.59 Å². The number of hydrogen-bond donors (Lipinski definition) is 1. The van der Waals surface area contributed by atoms with Crippen molar-refractivity contribution >= 4 is 23.4 Å². The van der Waals surface area contributed by atoms with E-state index in [1.54, 1.807) is 4.90 Å².